The van der Waals surface area contributed by atoms with Crippen molar-refractivity contribution in [1.29, 1.82) is 0 Å². The van der Waals surface area contributed by atoms with E-state index in [9.17, 15) is 9.59 Å². The third-order valence-corrected chi connectivity index (χ3v) is 4.44. The highest BCUT2D eigenvalue weighted by Crippen LogP contribution is 2.26. The Labute approximate surface area is 128 Å². The van der Waals surface area contributed by atoms with Crippen LogP contribution in [-0.4, -0.2) is 29.3 Å². The number of piperidine rings is 1. The van der Waals surface area contributed by atoms with Crippen molar-refractivity contribution in [2.24, 2.45) is 5.73 Å². The van der Waals surface area contributed by atoms with Crippen LogP contribution in [0.5, 0.6) is 0 Å². The topological polar surface area (TPSA) is 63.4 Å². The maximum Gasteiger partial charge on any atom is 0.255 e. The lowest BCUT2D eigenvalue weighted by atomic mass is 10.0. The molecule has 0 aromatic heterocycles. The highest BCUT2D eigenvalue weighted by Gasteiger charge is 2.31. The van der Waals surface area contributed by atoms with Gasteiger partial charge in [0.05, 0.1) is 5.56 Å². The number of hydrogen-bond acceptors (Lipinski definition) is 2. The van der Waals surface area contributed by atoms with Crippen molar-refractivity contribution in [3.63, 3.8) is 0 Å². The summed E-state index contributed by atoms with van der Waals surface area (Å²) in [7, 11) is 0. The smallest absolute Gasteiger partial charge is 0.255 e. The predicted octanol–water partition coefficient (Wildman–Crippen LogP) is 2.69. The molecule has 0 saturated carbocycles. The molecule has 0 radical (unpaired) electrons. The molecular weight excluding hydrogens is 376 g/mol. The van der Waals surface area contributed by atoms with Gasteiger partial charge in [0.2, 0.25) is 5.91 Å². The summed E-state index contributed by atoms with van der Waals surface area (Å²) in [4.78, 5) is 25.6. The second-order valence-corrected chi connectivity index (χ2v) is 6.31. The normalized spacial score (nSPS) is 19.3. The van der Waals surface area contributed by atoms with Gasteiger partial charge in [-0.3, -0.25) is 9.59 Å². The van der Waals surface area contributed by atoms with Crippen LogP contribution in [0.25, 0.3) is 0 Å². The molecule has 0 bridgehead atoms. The van der Waals surface area contributed by atoms with Crippen molar-refractivity contribution in [1.82, 2.24) is 4.90 Å². The Balaban J connectivity index is 2.31. The number of hydrogen-bond donors (Lipinski definition) is 1. The number of carbonyl (C=O) groups excluding carboxylic acids is 2. The van der Waals surface area contributed by atoms with E-state index in [1.165, 1.54) is 0 Å². The standard InChI is InChI=1S/C13H14Br2N2O2/c14-8-4-5-10(15)9(7-8)13(19)17-6-2-1-3-11(17)12(16)18/h4-5,7,11H,1-3,6H2,(H2,16,18). The van der Waals surface area contributed by atoms with Crippen LogP contribution < -0.4 is 5.73 Å². The first-order valence-corrected chi connectivity index (χ1v) is 7.64. The van der Waals surface area contributed by atoms with Crippen LogP contribution in [0.15, 0.2) is 27.1 Å². The molecule has 102 valence electrons. The molecular formula is C13H14Br2N2O2. The van der Waals surface area contributed by atoms with Crippen LogP contribution in [-0.2, 0) is 4.79 Å². The predicted molar refractivity (Wildman–Crippen MR) is 79.7 cm³/mol. The Morgan fingerprint density at radius 3 is 2.68 bits per heavy atom. The minimum atomic E-state index is -0.493. The van der Waals surface area contributed by atoms with Crippen molar-refractivity contribution in [2.45, 2.75) is 25.3 Å². The molecule has 6 heteroatoms. The van der Waals surface area contributed by atoms with Crippen molar-refractivity contribution < 1.29 is 9.59 Å². The second kappa shape index (κ2) is 6.05. The molecule has 4 nitrogen and oxygen atoms in total. The lowest BCUT2D eigenvalue weighted by molar-refractivity contribution is -0.123. The van der Waals surface area contributed by atoms with E-state index in [4.69, 9.17) is 5.73 Å². The van der Waals surface area contributed by atoms with Gasteiger partial charge in [0.1, 0.15) is 6.04 Å². The van der Waals surface area contributed by atoms with E-state index in [1.54, 1.807) is 17.0 Å². The zero-order valence-electron chi connectivity index (χ0n) is 10.2. The Bertz CT molecular complexity index is 519. The largest absolute Gasteiger partial charge is 0.368 e. The Kier molecular flexibility index (Phi) is 4.62. The summed E-state index contributed by atoms with van der Waals surface area (Å²) in [6.45, 7) is 0.575. The van der Waals surface area contributed by atoms with Gasteiger partial charge < -0.3 is 10.6 Å². The molecule has 1 aliphatic rings. The maximum atomic E-state index is 12.6. The molecule has 2 N–H and O–H groups in total. The quantitative estimate of drug-likeness (QED) is 0.845. The molecule has 1 atom stereocenters. The first-order valence-electron chi connectivity index (χ1n) is 6.06. The molecule has 1 unspecified atom stereocenters. The summed E-state index contributed by atoms with van der Waals surface area (Å²) in [5, 5.41) is 0. The molecule has 0 aliphatic carbocycles. The summed E-state index contributed by atoms with van der Waals surface area (Å²) < 4.78 is 1.54. The van der Waals surface area contributed by atoms with E-state index >= 15 is 0 Å². The van der Waals surface area contributed by atoms with Gasteiger partial charge in [-0.15, -0.1) is 0 Å². The van der Waals surface area contributed by atoms with Crippen LogP contribution in [0.1, 0.15) is 29.6 Å². The van der Waals surface area contributed by atoms with Crippen molar-refractivity contribution in [2.75, 3.05) is 6.54 Å². The molecule has 1 aromatic carbocycles. The Morgan fingerprint density at radius 1 is 1.26 bits per heavy atom. The fourth-order valence-corrected chi connectivity index (χ4v) is 3.06. The van der Waals surface area contributed by atoms with E-state index in [0.29, 0.717) is 18.5 Å². The summed E-state index contributed by atoms with van der Waals surface area (Å²) >= 11 is 6.72. The lowest BCUT2D eigenvalue weighted by Crippen LogP contribution is -2.50. The number of nitrogens with two attached hydrogens (primary N) is 1. The molecule has 1 saturated heterocycles. The number of carbonyl (C=O) groups is 2. The number of rotatable bonds is 2. The first-order chi connectivity index (χ1) is 9.00. The highest BCUT2D eigenvalue weighted by molar-refractivity contribution is 9.11. The monoisotopic (exact) mass is 388 g/mol. The number of halogens is 2. The SMILES string of the molecule is NC(=O)C1CCCCN1C(=O)c1cc(Br)ccc1Br. The van der Waals surface area contributed by atoms with Crippen LogP contribution in [0.4, 0.5) is 0 Å². The van der Waals surface area contributed by atoms with Gasteiger partial charge in [0, 0.05) is 15.5 Å². The van der Waals surface area contributed by atoms with Crippen molar-refractivity contribution in [3.8, 4) is 0 Å². The summed E-state index contributed by atoms with van der Waals surface area (Å²) in [6.07, 6.45) is 2.48. The molecule has 19 heavy (non-hydrogen) atoms. The van der Waals surface area contributed by atoms with E-state index in [0.717, 1.165) is 21.8 Å². The van der Waals surface area contributed by atoms with Gasteiger partial charge in [0.15, 0.2) is 0 Å². The van der Waals surface area contributed by atoms with Gasteiger partial charge >= 0.3 is 0 Å². The molecule has 0 spiro atoms. The second-order valence-electron chi connectivity index (χ2n) is 4.54. The van der Waals surface area contributed by atoms with E-state index in [-0.39, 0.29) is 5.91 Å². The first kappa shape index (κ1) is 14.5. The molecule has 1 aliphatic heterocycles. The molecule has 1 aromatic rings. The number of primary amides is 1. The summed E-state index contributed by atoms with van der Waals surface area (Å²) in [6, 6.07) is 4.91. The van der Waals surface area contributed by atoms with Crippen LogP contribution in [0.3, 0.4) is 0 Å². The average molecular weight is 390 g/mol. The third-order valence-electron chi connectivity index (χ3n) is 3.25. The molecule has 1 heterocycles. The molecule has 1 fully saturated rings. The number of benzene rings is 1. The van der Waals surface area contributed by atoms with E-state index in [1.807, 2.05) is 6.07 Å². The Hall–Kier alpha value is -0.880. The van der Waals surface area contributed by atoms with Crippen molar-refractivity contribution >= 4 is 43.7 Å². The van der Waals surface area contributed by atoms with Gasteiger partial charge in [0.25, 0.3) is 5.91 Å². The lowest BCUT2D eigenvalue weighted by Gasteiger charge is -2.34. The van der Waals surface area contributed by atoms with Gasteiger partial charge in [-0.25, -0.2) is 0 Å². The molecule has 2 amide bonds. The van der Waals surface area contributed by atoms with Crippen molar-refractivity contribution in [3.05, 3.63) is 32.7 Å². The summed E-state index contributed by atoms with van der Waals surface area (Å²) in [5.41, 5.74) is 5.93. The number of amides is 2. The zero-order valence-corrected chi connectivity index (χ0v) is 13.4. The van der Waals surface area contributed by atoms with Gasteiger partial charge in [-0.2, -0.15) is 0 Å². The Morgan fingerprint density at radius 2 is 2.00 bits per heavy atom. The minimum absolute atomic E-state index is 0.156. The molecule has 2 rings (SSSR count). The van der Waals surface area contributed by atoms with Gasteiger partial charge in [-0.05, 0) is 53.4 Å². The summed E-state index contributed by atoms with van der Waals surface area (Å²) in [5.74, 6) is -0.587. The van der Waals surface area contributed by atoms with Crippen LogP contribution in [0.2, 0.25) is 0 Å². The van der Waals surface area contributed by atoms with E-state index < -0.39 is 11.9 Å². The van der Waals surface area contributed by atoms with Gasteiger partial charge in [-0.1, -0.05) is 15.9 Å². The average Bonchev–Trinajstić information content (AvgIpc) is 2.40. The fourth-order valence-electron chi connectivity index (χ4n) is 2.29. The maximum absolute atomic E-state index is 12.6. The zero-order chi connectivity index (χ0) is 14.0. The third kappa shape index (κ3) is 3.17. The number of likely N-dealkylation sites (tertiary alicyclic amines) is 1. The van der Waals surface area contributed by atoms with Crippen LogP contribution in [0, 0.1) is 0 Å². The highest BCUT2D eigenvalue weighted by atomic mass is 79.9. The minimum Gasteiger partial charge on any atom is -0.368 e. The van der Waals surface area contributed by atoms with Crippen LogP contribution >= 0.6 is 31.9 Å². The number of nitrogens with zero attached hydrogens (tertiary/aromatic N) is 1. The fraction of sp³-hybridized carbons (Fsp3) is 0.385. The van der Waals surface area contributed by atoms with E-state index in [2.05, 4.69) is 31.9 Å².